The standard InChI is InChI=1S/C22H29N3O2/c1-24(15-18-5-2-4-17-14-23-10-7-21(17)18)22(26)19-6-3-11-25(16-19)20-8-12-27-13-9-20/h2,4-5,7,10,14,19-20H,3,6,8-9,11-13,15-16H2,1H3/t19-/m0/s1. The van der Waals surface area contributed by atoms with Crippen LogP contribution >= 0.6 is 0 Å². The van der Waals surface area contributed by atoms with E-state index < -0.39 is 0 Å². The van der Waals surface area contributed by atoms with Gasteiger partial charge in [0.1, 0.15) is 0 Å². The predicted octanol–water partition coefficient (Wildman–Crippen LogP) is 3.08. The predicted molar refractivity (Wildman–Crippen MR) is 106 cm³/mol. The van der Waals surface area contributed by atoms with Gasteiger partial charge in [-0.25, -0.2) is 0 Å². The number of hydrogen-bond acceptors (Lipinski definition) is 4. The Morgan fingerprint density at radius 1 is 1.26 bits per heavy atom. The minimum absolute atomic E-state index is 0.114. The molecule has 0 aliphatic carbocycles. The van der Waals surface area contributed by atoms with Crippen LogP contribution in [0.5, 0.6) is 0 Å². The van der Waals surface area contributed by atoms with Crippen molar-refractivity contribution >= 4 is 16.7 Å². The number of ether oxygens (including phenoxy) is 1. The van der Waals surface area contributed by atoms with Crippen LogP contribution in [0, 0.1) is 5.92 Å². The summed E-state index contributed by atoms with van der Waals surface area (Å²) in [4.78, 5) is 21.8. The molecular formula is C22H29N3O2. The lowest BCUT2D eigenvalue weighted by Gasteiger charge is -2.40. The van der Waals surface area contributed by atoms with Gasteiger partial charge in [0.15, 0.2) is 0 Å². The van der Waals surface area contributed by atoms with Gasteiger partial charge in [0, 0.05) is 57.2 Å². The summed E-state index contributed by atoms with van der Waals surface area (Å²) >= 11 is 0. The molecule has 1 amide bonds. The molecule has 0 unspecified atom stereocenters. The highest BCUT2D eigenvalue weighted by atomic mass is 16.5. The van der Waals surface area contributed by atoms with E-state index in [1.54, 1.807) is 0 Å². The van der Waals surface area contributed by atoms with Crippen molar-refractivity contribution in [2.45, 2.75) is 38.3 Å². The van der Waals surface area contributed by atoms with Crippen molar-refractivity contribution in [3.05, 3.63) is 42.2 Å². The number of likely N-dealkylation sites (tertiary alicyclic amines) is 1. The molecule has 0 radical (unpaired) electrons. The Balaban J connectivity index is 1.42. The minimum atomic E-state index is 0.114. The molecule has 2 aliphatic heterocycles. The summed E-state index contributed by atoms with van der Waals surface area (Å²) in [5.74, 6) is 0.390. The number of fused-ring (bicyclic) bond motifs is 1. The summed E-state index contributed by atoms with van der Waals surface area (Å²) in [7, 11) is 1.94. The molecule has 5 nitrogen and oxygen atoms in total. The van der Waals surface area contributed by atoms with Crippen LogP contribution in [0.2, 0.25) is 0 Å². The van der Waals surface area contributed by atoms with Gasteiger partial charge in [-0.3, -0.25) is 14.7 Å². The van der Waals surface area contributed by atoms with Gasteiger partial charge in [-0.1, -0.05) is 18.2 Å². The van der Waals surface area contributed by atoms with Gasteiger partial charge in [-0.15, -0.1) is 0 Å². The zero-order chi connectivity index (χ0) is 18.6. The second-order valence-corrected chi connectivity index (χ2v) is 7.89. The molecule has 0 N–H and O–H groups in total. The molecule has 2 saturated heterocycles. The fourth-order valence-corrected chi connectivity index (χ4v) is 4.56. The Morgan fingerprint density at radius 2 is 2.11 bits per heavy atom. The lowest BCUT2D eigenvalue weighted by molar-refractivity contribution is -0.137. The molecule has 2 aliphatic rings. The lowest BCUT2D eigenvalue weighted by Crippen LogP contribution is -2.48. The van der Waals surface area contributed by atoms with Crippen molar-refractivity contribution < 1.29 is 9.53 Å². The van der Waals surface area contributed by atoms with Crippen LogP contribution in [-0.2, 0) is 16.1 Å². The Kier molecular flexibility index (Phi) is 5.69. The number of pyridine rings is 1. The summed E-state index contributed by atoms with van der Waals surface area (Å²) in [5.41, 5.74) is 1.18. The van der Waals surface area contributed by atoms with Crippen LogP contribution in [0.3, 0.4) is 0 Å². The SMILES string of the molecule is CN(Cc1cccc2cnccc12)C(=O)[C@H]1CCCN(C2CCOCC2)C1. The molecule has 2 aromatic rings. The van der Waals surface area contributed by atoms with Crippen LogP contribution in [0.25, 0.3) is 10.8 Å². The maximum atomic E-state index is 13.1. The molecule has 0 bridgehead atoms. The number of carbonyl (C=O) groups excluding carboxylic acids is 1. The van der Waals surface area contributed by atoms with Crippen molar-refractivity contribution in [2.75, 3.05) is 33.4 Å². The monoisotopic (exact) mass is 367 g/mol. The summed E-state index contributed by atoms with van der Waals surface area (Å²) in [6.07, 6.45) is 8.01. The van der Waals surface area contributed by atoms with Gasteiger partial charge < -0.3 is 9.64 Å². The second kappa shape index (κ2) is 8.36. The van der Waals surface area contributed by atoms with Crippen molar-refractivity contribution in [1.82, 2.24) is 14.8 Å². The van der Waals surface area contributed by atoms with Gasteiger partial charge in [0.2, 0.25) is 5.91 Å². The Morgan fingerprint density at radius 3 is 2.96 bits per heavy atom. The fraction of sp³-hybridized carbons (Fsp3) is 0.545. The molecule has 5 heteroatoms. The average Bonchev–Trinajstić information content (AvgIpc) is 2.74. The number of hydrogen-bond donors (Lipinski definition) is 0. The highest BCUT2D eigenvalue weighted by molar-refractivity contribution is 5.85. The van der Waals surface area contributed by atoms with Crippen molar-refractivity contribution in [3.8, 4) is 0 Å². The van der Waals surface area contributed by atoms with Gasteiger partial charge in [-0.05, 0) is 49.2 Å². The minimum Gasteiger partial charge on any atom is -0.381 e. The first-order valence-electron chi connectivity index (χ1n) is 10.1. The van der Waals surface area contributed by atoms with Crippen molar-refractivity contribution in [3.63, 3.8) is 0 Å². The molecule has 1 aromatic heterocycles. The fourth-order valence-electron chi connectivity index (χ4n) is 4.56. The number of aromatic nitrogens is 1. The van der Waals surface area contributed by atoms with Crippen LogP contribution in [0.15, 0.2) is 36.7 Å². The zero-order valence-corrected chi connectivity index (χ0v) is 16.1. The number of piperidine rings is 1. The summed E-state index contributed by atoms with van der Waals surface area (Å²) in [5, 5.41) is 2.30. The maximum absolute atomic E-state index is 13.1. The summed E-state index contributed by atoms with van der Waals surface area (Å²) in [6, 6.07) is 8.86. The normalized spacial score (nSPS) is 22.0. The highest BCUT2D eigenvalue weighted by Gasteiger charge is 2.32. The van der Waals surface area contributed by atoms with Crippen LogP contribution in [0.4, 0.5) is 0 Å². The topological polar surface area (TPSA) is 45.7 Å². The van der Waals surface area contributed by atoms with Gasteiger partial charge in [0.25, 0.3) is 0 Å². The van der Waals surface area contributed by atoms with Crippen LogP contribution in [-0.4, -0.2) is 60.1 Å². The van der Waals surface area contributed by atoms with Gasteiger partial charge >= 0.3 is 0 Å². The van der Waals surface area contributed by atoms with E-state index in [0.29, 0.717) is 12.6 Å². The number of amides is 1. The molecular weight excluding hydrogens is 338 g/mol. The first-order chi connectivity index (χ1) is 13.2. The highest BCUT2D eigenvalue weighted by Crippen LogP contribution is 2.25. The molecule has 1 aromatic carbocycles. The third kappa shape index (κ3) is 4.14. The molecule has 2 fully saturated rings. The van der Waals surface area contributed by atoms with Crippen molar-refractivity contribution in [1.29, 1.82) is 0 Å². The first kappa shape index (κ1) is 18.4. The molecule has 0 spiro atoms. The molecule has 0 saturated carbocycles. The van der Waals surface area contributed by atoms with E-state index in [1.807, 2.05) is 36.5 Å². The average molecular weight is 367 g/mol. The van der Waals surface area contributed by atoms with Crippen molar-refractivity contribution in [2.24, 2.45) is 5.92 Å². The molecule has 27 heavy (non-hydrogen) atoms. The first-order valence-corrected chi connectivity index (χ1v) is 10.1. The summed E-state index contributed by atoms with van der Waals surface area (Å²) < 4.78 is 5.50. The van der Waals surface area contributed by atoms with Gasteiger partial charge in [-0.2, -0.15) is 0 Å². The number of benzene rings is 1. The second-order valence-electron chi connectivity index (χ2n) is 7.89. The Hall–Kier alpha value is -1.98. The Labute approximate surface area is 161 Å². The molecule has 1 atom stereocenters. The third-order valence-electron chi connectivity index (χ3n) is 6.06. The molecule has 144 valence electrons. The third-order valence-corrected chi connectivity index (χ3v) is 6.06. The smallest absolute Gasteiger partial charge is 0.227 e. The van der Waals surface area contributed by atoms with Gasteiger partial charge in [0.05, 0.1) is 5.92 Å². The summed E-state index contributed by atoms with van der Waals surface area (Å²) in [6.45, 7) is 4.38. The van der Waals surface area contributed by atoms with E-state index in [1.165, 1.54) is 10.9 Å². The molecule has 3 heterocycles. The largest absolute Gasteiger partial charge is 0.381 e. The zero-order valence-electron chi connectivity index (χ0n) is 16.1. The maximum Gasteiger partial charge on any atom is 0.227 e. The molecule has 4 rings (SSSR count). The Bertz CT molecular complexity index is 783. The van der Waals surface area contributed by atoms with E-state index in [2.05, 4.69) is 22.0 Å². The van der Waals surface area contributed by atoms with E-state index >= 15 is 0 Å². The van der Waals surface area contributed by atoms with E-state index in [-0.39, 0.29) is 11.8 Å². The van der Waals surface area contributed by atoms with Crippen LogP contribution < -0.4 is 0 Å². The van der Waals surface area contributed by atoms with E-state index in [9.17, 15) is 4.79 Å². The number of rotatable bonds is 4. The lowest BCUT2D eigenvalue weighted by atomic mass is 9.93. The van der Waals surface area contributed by atoms with E-state index in [4.69, 9.17) is 4.74 Å². The van der Waals surface area contributed by atoms with Crippen LogP contribution in [0.1, 0.15) is 31.2 Å². The number of carbonyl (C=O) groups is 1. The van der Waals surface area contributed by atoms with E-state index in [0.717, 1.165) is 57.4 Å². The quantitative estimate of drug-likeness (QED) is 0.833. The number of nitrogens with zero attached hydrogens (tertiary/aromatic N) is 3.